The zero-order valence-corrected chi connectivity index (χ0v) is 13.4. The highest BCUT2D eigenvalue weighted by Gasteiger charge is 1.96. The predicted molar refractivity (Wildman–Crippen MR) is 96.0 cm³/mol. The Balaban J connectivity index is 1.48. The van der Waals surface area contributed by atoms with Crippen molar-refractivity contribution in [1.82, 2.24) is 15.2 Å². The van der Waals surface area contributed by atoms with Crippen LogP contribution in [0, 0.1) is 0 Å². The van der Waals surface area contributed by atoms with E-state index in [1.807, 2.05) is 42.5 Å². The Bertz CT molecular complexity index is 876. The summed E-state index contributed by atoms with van der Waals surface area (Å²) in [5.41, 5.74) is 4.25. The lowest BCUT2D eigenvalue weighted by Gasteiger charge is -2.06. The first-order chi connectivity index (χ1) is 12.3. The number of hydrogen-bond donors (Lipinski definition) is 2. The molecule has 0 aliphatic carbocycles. The quantitative estimate of drug-likeness (QED) is 0.510. The van der Waals surface area contributed by atoms with E-state index >= 15 is 0 Å². The van der Waals surface area contributed by atoms with E-state index in [-0.39, 0.29) is 5.82 Å². The average molecular weight is 335 g/mol. The van der Waals surface area contributed by atoms with Crippen molar-refractivity contribution in [2.45, 2.75) is 6.42 Å². The van der Waals surface area contributed by atoms with Crippen LogP contribution in [0.1, 0.15) is 11.1 Å². The van der Waals surface area contributed by atoms with Crippen LogP contribution in [0.2, 0.25) is 0 Å². The molecule has 0 radical (unpaired) electrons. The largest absolute Gasteiger partial charge is 0.493 e. The number of hydrazone groups is 1. The molecule has 1 heterocycles. The van der Waals surface area contributed by atoms with Crippen LogP contribution < -0.4 is 15.9 Å². The fourth-order valence-corrected chi connectivity index (χ4v) is 2.12. The maximum absolute atomic E-state index is 11.0. The van der Waals surface area contributed by atoms with E-state index in [0.717, 1.165) is 17.7 Å². The summed E-state index contributed by atoms with van der Waals surface area (Å²) in [6.45, 7) is 0.625. The van der Waals surface area contributed by atoms with Gasteiger partial charge in [0.1, 0.15) is 5.75 Å². The molecule has 0 spiro atoms. The molecule has 0 unspecified atom stereocenters. The monoisotopic (exact) mass is 335 g/mol. The van der Waals surface area contributed by atoms with Crippen molar-refractivity contribution in [2.24, 2.45) is 5.10 Å². The number of nitrogens with one attached hydrogen (secondary N) is 2. The van der Waals surface area contributed by atoms with Crippen molar-refractivity contribution in [3.05, 3.63) is 82.4 Å². The molecule has 7 heteroatoms. The van der Waals surface area contributed by atoms with Gasteiger partial charge in [-0.3, -0.25) is 5.43 Å². The molecule has 25 heavy (non-hydrogen) atoms. The highest BCUT2D eigenvalue weighted by atomic mass is 16.5. The fourth-order valence-electron chi connectivity index (χ4n) is 2.12. The van der Waals surface area contributed by atoms with E-state index in [2.05, 4.69) is 37.8 Å². The van der Waals surface area contributed by atoms with Gasteiger partial charge in [-0.15, -0.1) is 0 Å². The van der Waals surface area contributed by atoms with Crippen LogP contribution in [-0.2, 0) is 6.42 Å². The maximum Gasteiger partial charge on any atom is 0.363 e. The summed E-state index contributed by atoms with van der Waals surface area (Å²) in [4.78, 5) is 14.7. The van der Waals surface area contributed by atoms with Crippen molar-refractivity contribution >= 4 is 12.0 Å². The predicted octanol–water partition coefficient (Wildman–Crippen LogP) is 2.23. The second-order valence-corrected chi connectivity index (χ2v) is 5.20. The Hall–Kier alpha value is -3.48. The van der Waals surface area contributed by atoms with E-state index in [0.29, 0.717) is 6.61 Å². The standard InChI is InChI=1S/C18H17N5O2/c24-18-21-17(13-20-23-18)22-19-12-15-6-8-16(9-7-15)25-11-10-14-4-2-1-3-5-14/h1-9,12-13H,10-11H2,(H2,21,22,23,24)/b19-12+. The van der Waals surface area contributed by atoms with Gasteiger partial charge in [0.15, 0.2) is 5.82 Å². The van der Waals surface area contributed by atoms with Crippen molar-refractivity contribution in [2.75, 3.05) is 12.0 Å². The minimum atomic E-state index is -0.530. The first-order valence-electron chi connectivity index (χ1n) is 7.77. The third-order valence-electron chi connectivity index (χ3n) is 3.34. The molecule has 7 nitrogen and oxygen atoms in total. The average Bonchev–Trinajstić information content (AvgIpc) is 2.64. The van der Waals surface area contributed by atoms with Gasteiger partial charge >= 0.3 is 5.69 Å². The van der Waals surface area contributed by atoms with Crippen LogP contribution in [0.15, 0.2) is 70.7 Å². The molecule has 0 bridgehead atoms. The lowest BCUT2D eigenvalue weighted by molar-refractivity contribution is 0.322. The summed E-state index contributed by atoms with van der Waals surface area (Å²) < 4.78 is 5.74. The summed E-state index contributed by atoms with van der Waals surface area (Å²) in [6, 6.07) is 17.8. The zero-order valence-electron chi connectivity index (χ0n) is 13.4. The molecule has 0 saturated carbocycles. The number of H-pyrrole nitrogens is 1. The third kappa shape index (κ3) is 5.28. The first kappa shape index (κ1) is 16.4. The Morgan fingerprint density at radius 1 is 1.12 bits per heavy atom. The summed E-state index contributed by atoms with van der Waals surface area (Å²) in [5, 5.41) is 9.82. The molecular weight excluding hydrogens is 318 g/mol. The van der Waals surface area contributed by atoms with E-state index in [9.17, 15) is 4.79 Å². The lowest BCUT2D eigenvalue weighted by Crippen LogP contribution is -2.13. The number of hydrogen-bond acceptors (Lipinski definition) is 6. The summed E-state index contributed by atoms with van der Waals surface area (Å²) in [7, 11) is 0. The first-order valence-corrected chi connectivity index (χ1v) is 7.77. The van der Waals surface area contributed by atoms with Crippen molar-refractivity contribution in [3.8, 4) is 5.75 Å². The maximum atomic E-state index is 11.0. The summed E-state index contributed by atoms with van der Waals surface area (Å²) >= 11 is 0. The number of anilines is 1. The number of aromatic nitrogens is 3. The molecule has 1 aromatic heterocycles. The highest BCUT2D eigenvalue weighted by Crippen LogP contribution is 2.12. The molecule has 2 aromatic carbocycles. The SMILES string of the molecule is O=c1nc(N/N=C/c2ccc(OCCc3ccccc3)cc2)cn[nH]1. The van der Waals surface area contributed by atoms with Crippen LogP contribution in [0.5, 0.6) is 5.75 Å². The molecular formula is C18H17N5O2. The van der Waals surface area contributed by atoms with Gasteiger partial charge in [-0.1, -0.05) is 30.3 Å². The molecule has 0 fully saturated rings. The fraction of sp³-hybridized carbons (Fsp3) is 0.111. The molecule has 0 saturated heterocycles. The highest BCUT2D eigenvalue weighted by molar-refractivity contribution is 5.80. The third-order valence-corrected chi connectivity index (χ3v) is 3.34. The molecule has 0 atom stereocenters. The van der Waals surface area contributed by atoms with Crippen molar-refractivity contribution < 1.29 is 4.74 Å². The molecule has 0 amide bonds. The Morgan fingerprint density at radius 3 is 2.68 bits per heavy atom. The van der Waals surface area contributed by atoms with Crippen molar-refractivity contribution in [1.29, 1.82) is 0 Å². The Labute approximate surface area is 144 Å². The second kappa shape index (κ2) is 8.39. The number of rotatable bonds is 7. The minimum Gasteiger partial charge on any atom is -0.493 e. The Morgan fingerprint density at radius 2 is 1.92 bits per heavy atom. The van der Waals surface area contributed by atoms with Crippen LogP contribution >= 0.6 is 0 Å². The van der Waals surface area contributed by atoms with E-state index in [1.54, 1.807) is 6.21 Å². The number of nitrogens with zero attached hydrogens (tertiary/aromatic N) is 3. The van der Waals surface area contributed by atoms with Gasteiger partial charge in [-0.25, -0.2) is 9.89 Å². The van der Waals surface area contributed by atoms with Gasteiger partial charge in [0.05, 0.1) is 19.0 Å². The van der Waals surface area contributed by atoms with E-state index in [1.165, 1.54) is 11.8 Å². The minimum absolute atomic E-state index is 0.279. The van der Waals surface area contributed by atoms with Crippen LogP contribution in [0.3, 0.4) is 0 Å². The molecule has 0 aliphatic rings. The van der Waals surface area contributed by atoms with Gasteiger partial charge in [0.25, 0.3) is 0 Å². The van der Waals surface area contributed by atoms with Gasteiger partial charge in [0, 0.05) is 6.42 Å². The van der Waals surface area contributed by atoms with Gasteiger partial charge in [-0.2, -0.15) is 15.2 Å². The summed E-state index contributed by atoms with van der Waals surface area (Å²) in [6.07, 6.45) is 3.87. The molecule has 2 N–H and O–H groups in total. The number of benzene rings is 2. The van der Waals surface area contributed by atoms with Crippen molar-refractivity contribution in [3.63, 3.8) is 0 Å². The summed E-state index contributed by atoms with van der Waals surface area (Å²) in [5.74, 6) is 1.09. The molecule has 126 valence electrons. The second-order valence-electron chi connectivity index (χ2n) is 5.20. The Kier molecular flexibility index (Phi) is 5.50. The lowest BCUT2D eigenvalue weighted by atomic mass is 10.2. The number of ether oxygens (including phenoxy) is 1. The van der Waals surface area contributed by atoms with E-state index in [4.69, 9.17) is 4.74 Å². The van der Waals surface area contributed by atoms with Gasteiger partial charge in [0.2, 0.25) is 0 Å². The molecule has 0 aliphatic heterocycles. The smallest absolute Gasteiger partial charge is 0.363 e. The molecule has 3 rings (SSSR count). The number of aromatic amines is 1. The van der Waals surface area contributed by atoms with Crippen LogP contribution in [-0.4, -0.2) is 28.0 Å². The van der Waals surface area contributed by atoms with Gasteiger partial charge in [-0.05, 0) is 35.4 Å². The normalized spacial score (nSPS) is 10.7. The van der Waals surface area contributed by atoms with Crippen LogP contribution in [0.25, 0.3) is 0 Å². The van der Waals surface area contributed by atoms with E-state index < -0.39 is 5.69 Å². The van der Waals surface area contributed by atoms with Gasteiger partial charge < -0.3 is 4.74 Å². The zero-order chi connectivity index (χ0) is 17.3. The van der Waals surface area contributed by atoms with Crippen LogP contribution in [0.4, 0.5) is 5.82 Å². The molecule has 3 aromatic rings. The topological polar surface area (TPSA) is 92.3 Å².